The highest BCUT2D eigenvalue weighted by Gasteiger charge is 2.24. The lowest BCUT2D eigenvalue weighted by Gasteiger charge is -2.32. The van der Waals surface area contributed by atoms with Gasteiger partial charge in [0.2, 0.25) is 0 Å². The molecule has 3 rings (SSSR count). The first kappa shape index (κ1) is 28.9. The minimum Gasteiger partial charge on any atom is -0.393 e. The molecule has 3 fully saturated rings. The summed E-state index contributed by atoms with van der Waals surface area (Å²) in [6.45, 7) is 11.3. The van der Waals surface area contributed by atoms with Gasteiger partial charge in [-0.3, -0.25) is 0 Å². The Bertz CT molecular complexity index is 264. The summed E-state index contributed by atoms with van der Waals surface area (Å²) in [5.74, 6) is 2.28. The van der Waals surface area contributed by atoms with Crippen LogP contribution in [-0.2, 0) is 9.47 Å². The Morgan fingerprint density at radius 2 is 0.759 bits per heavy atom. The smallest absolute Gasteiger partial charge is 0.0540 e. The average molecular weight is 415 g/mol. The molecule has 0 aromatic carbocycles. The van der Waals surface area contributed by atoms with Crippen molar-refractivity contribution < 1.29 is 14.6 Å². The number of aliphatic hydroxyl groups is 1. The fourth-order valence-electron chi connectivity index (χ4n) is 4.70. The van der Waals surface area contributed by atoms with Gasteiger partial charge in [0.05, 0.1) is 6.10 Å². The molecule has 0 unspecified atom stereocenters. The third kappa shape index (κ3) is 18.4. The maximum Gasteiger partial charge on any atom is 0.0540 e. The molecule has 0 aromatic heterocycles. The van der Waals surface area contributed by atoms with Crippen LogP contribution >= 0.6 is 0 Å². The summed E-state index contributed by atoms with van der Waals surface area (Å²) in [6, 6.07) is 0. The van der Waals surface area contributed by atoms with Gasteiger partial charge in [-0.1, -0.05) is 83.5 Å². The second-order valence-corrected chi connectivity index (χ2v) is 8.65. The monoisotopic (exact) mass is 414 g/mol. The second-order valence-electron chi connectivity index (χ2n) is 8.65. The van der Waals surface area contributed by atoms with Gasteiger partial charge in [-0.2, -0.15) is 0 Å². The summed E-state index contributed by atoms with van der Waals surface area (Å²) in [6.07, 6.45) is 21.3. The van der Waals surface area contributed by atoms with E-state index in [1.165, 1.54) is 57.8 Å². The van der Waals surface area contributed by atoms with E-state index in [1.54, 1.807) is 25.7 Å². The Morgan fingerprint density at radius 3 is 0.931 bits per heavy atom. The minimum atomic E-state index is 0.0359. The van der Waals surface area contributed by atoms with E-state index < -0.39 is 0 Å². The Labute approximate surface area is 183 Å². The SMILES string of the molecule is C1CCC(C2CCCCC2)CC1.CCOCC.CCOCC.OC1CCCCC1. The van der Waals surface area contributed by atoms with Gasteiger partial charge in [-0.15, -0.1) is 0 Å². The van der Waals surface area contributed by atoms with E-state index in [4.69, 9.17) is 14.6 Å². The first-order chi connectivity index (χ1) is 14.2. The molecule has 3 aliphatic carbocycles. The predicted octanol–water partition coefficient (Wildman–Crippen LogP) is 7.54. The standard InChI is InChI=1S/C12H22.C6H12O.2C4H10O/c1-3-7-11(8-4-1)12-9-5-2-6-10-12;7-6-4-2-1-3-5-6;2*1-3-5-4-2/h11-12H,1-10H2;6-7H,1-5H2;2*3-4H2,1-2H3. The fourth-order valence-corrected chi connectivity index (χ4v) is 4.70. The Morgan fingerprint density at radius 1 is 0.483 bits per heavy atom. The Kier molecular flexibility index (Phi) is 22.5. The van der Waals surface area contributed by atoms with Crippen molar-refractivity contribution in [3.05, 3.63) is 0 Å². The van der Waals surface area contributed by atoms with Gasteiger partial charge in [0.15, 0.2) is 0 Å². The summed E-state index contributed by atoms with van der Waals surface area (Å²) in [5.41, 5.74) is 0. The van der Waals surface area contributed by atoms with Crippen LogP contribution in [0.1, 0.15) is 124 Å². The summed E-state index contributed by atoms with van der Waals surface area (Å²) < 4.78 is 9.67. The second kappa shape index (κ2) is 22.6. The Hall–Kier alpha value is -0.120. The van der Waals surface area contributed by atoms with Gasteiger partial charge in [0.25, 0.3) is 0 Å². The molecule has 3 heteroatoms. The number of rotatable bonds is 5. The lowest BCUT2D eigenvalue weighted by atomic mass is 9.73. The quantitative estimate of drug-likeness (QED) is 0.505. The molecule has 176 valence electrons. The van der Waals surface area contributed by atoms with Crippen molar-refractivity contribution in [2.45, 2.75) is 130 Å². The molecule has 1 N–H and O–H groups in total. The number of aliphatic hydroxyl groups excluding tert-OH is 1. The molecule has 3 aliphatic rings. The average Bonchev–Trinajstić information content (AvgIpc) is 2.78. The molecule has 0 amide bonds. The predicted molar refractivity (Wildman–Crippen MR) is 127 cm³/mol. The molecule has 0 aliphatic heterocycles. The summed E-state index contributed by atoms with van der Waals surface area (Å²) >= 11 is 0. The maximum atomic E-state index is 8.91. The number of ether oxygens (including phenoxy) is 2. The largest absolute Gasteiger partial charge is 0.393 e. The Balaban J connectivity index is 0.000000397. The molecule has 0 saturated heterocycles. The van der Waals surface area contributed by atoms with Crippen molar-refractivity contribution in [3.63, 3.8) is 0 Å². The van der Waals surface area contributed by atoms with E-state index >= 15 is 0 Å². The lowest BCUT2D eigenvalue weighted by Crippen LogP contribution is -2.20. The molecule has 0 heterocycles. The topological polar surface area (TPSA) is 38.7 Å². The van der Waals surface area contributed by atoms with E-state index in [9.17, 15) is 0 Å². The molecule has 0 aromatic rings. The van der Waals surface area contributed by atoms with Crippen molar-refractivity contribution in [1.29, 1.82) is 0 Å². The van der Waals surface area contributed by atoms with Crippen LogP contribution in [0, 0.1) is 11.8 Å². The first-order valence-corrected chi connectivity index (χ1v) is 13.0. The molecule has 0 bridgehead atoms. The highest BCUT2D eigenvalue weighted by Crippen LogP contribution is 2.37. The molecular formula is C26H54O3. The highest BCUT2D eigenvalue weighted by molar-refractivity contribution is 4.76. The number of hydrogen-bond donors (Lipinski definition) is 1. The van der Waals surface area contributed by atoms with Gasteiger partial charge >= 0.3 is 0 Å². The van der Waals surface area contributed by atoms with Crippen molar-refractivity contribution in [2.24, 2.45) is 11.8 Å². The molecule has 29 heavy (non-hydrogen) atoms. The normalized spacial score (nSPS) is 21.0. The van der Waals surface area contributed by atoms with Gasteiger partial charge in [-0.05, 0) is 52.4 Å². The number of hydrogen-bond acceptors (Lipinski definition) is 3. The van der Waals surface area contributed by atoms with Gasteiger partial charge in [0, 0.05) is 26.4 Å². The molecular weight excluding hydrogens is 360 g/mol. The molecule has 3 saturated carbocycles. The van der Waals surface area contributed by atoms with E-state index in [-0.39, 0.29) is 6.10 Å². The zero-order valence-electron chi connectivity index (χ0n) is 20.4. The zero-order valence-corrected chi connectivity index (χ0v) is 20.4. The molecule has 0 radical (unpaired) electrons. The van der Waals surface area contributed by atoms with Crippen LogP contribution in [0.5, 0.6) is 0 Å². The maximum absolute atomic E-state index is 8.91. The van der Waals surface area contributed by atoms with E-state index in [0.29, 0.717) is 0 Å². The van der Waals surface area contributed by atoms with E-state index in [0.717, 1.165) is 51.1 Å². The third-order valence-corrected chi connectivity index (χ3v) is 6.36. The first-order valence-electron chi connectivity index (χ1n) is 13.0. The van der Waals surface area contributed by atoms with Gasteiger partial charge < -0.3 is 14.6 Å². The van der Waals surface area contributed by atoms with Crippen LogP contribution in [0.2, 0.25) is 0 Å². The van der Waals surface area contributed by atoms with Crippen LogP contribution in [0.4, 0.5) is 0 Å². The molecule has 0 atom stereocenters. The van der Waals surface area contributed by atoms with Crippen molar-refractivity contribution in [3.8, 4) is 0 Å². The van der Waals surface area contributed by atoms with Crippen molar-refractivity contribution in [1.82, 2.24) is 0 Å². The zero-order chi connectivity index (χ0) is 21.6. The molecule has 0 spiro atoms. The lowest BCUT2D eigenvalue weighted by molar-refractivity contribution is 0.130. The summed E-state index contributed by atoms with van der Waals surface area (Å²) in [4.78, 5) is 0. The van der Waals surface area contributed by atoms with Crippen LogP contribution < -0.4 is 0 Å². The van der Waals surface area contributed by atoms with Crippen LogP contribution in [0.15, 0.2) is 0 Å². The van der Waals surface area contributed by atoms with Gasteiger partial charge in [0.1, 0.15) is 0 Å². The third-order valence-electron chi connectivity index (χ3n) is 6.36. The van der Waals surface area contributed by atoms with Crippen LogP contribution in [0.25, 0.3) is 0 Å². The summed E-state index contributed by atoms with van der Waals surface area (Å²) in [7, 11) is 0. The van der Waals surface area contributed by atoms with Crippen molar-refractivity contribution >= 4 is 0 Å². The van der Waals surface area contributed by atoms with E-state index in [2.05, 4.69) is 0 Å². The van der Waals surface area contributed by atoms with Crippen LogP contribution in [0.3, 0.4) is 0 Å². The minimum absolute atomic E-state index is 0.0359. The van der Waals surface area contributed by atoms with Gasteiger partial charge in [-0.25, -0.2) is 0 Å². The van der Waals surface area contributed by atoms with Crippen molar-refractivity contribution in [2.75, 3.05) is 26.4 Å². The highest BCUT2D eigenvalue weighted by atomic mass is 16.5. The molecule has 3 nitrogen and oxygen atoms in total. The van der Waals surface area contributed by atoms with E-state index in [1.807, 2.05) is 27.7 Å². The van der Waals surface area contributed by atoms with Crippen LogP contribution in [-0.4, -0.2) is 37.6 Å². The fraction of sp³-hybridized carbons (Fsp3) is 1.00. The summed E-state index contributed by atoms with van der Waals surface area (Å²) in [5, 5.41) is 8.91.